The molecule has 0 atom stereocenters. The van der Waals surface area contributed by atoms with E-state index < -0.39 is 0 Å². The number of rotatable bonds is 3. The average Bonchev–Trinajstić information content (AvgIpc) is 2.91. The van der Waals surface area contributed by atoms with Gasteiger partial charge in [0, 0.05) is 17.6 Å². The van der Waals surface area contributed by atoms with Crippen LogP contribution < -0.4 is 5.73 Å². The summed E-state index contributed by atoms with van der Waals surface area (Å²) in [5.41, 5.74) is 9.44. The molecule has 0 aliphatic heterocycles. The first-order valence-electron chi connectivity index (χ1n) is 5.69. The van der Waals surface area contributed by atoms with Gasteiger partial charge in [-0.1, -0.05) is 6.07 Å². The van der Waals surface area contributed by atoms with Crippen LogP contribution in [0.2, 0.25) is 0 Å². The number of phenols is 1. The van der Waals surface area contributed by atoms with Gasteiger partial charge in [0.15, 0.2) is 0 Å². The van der Waals surface area contributed by atoms with Gasteiger partial charge in [-0.2, -0.15) is 0 Å². The summed E-state index contributed by atoms with van der Waals surface area (Å²) in [6.07, 6.45) is 2.11. The summed E-state index contributed by atoms with van der Waals surface area (Å²) in [7, 11) is 4.00. The van der Waals surface area contributed by atoms with Crippen LogP contribution in [0, 0.1) is 6.92 Å². The van der Waals surface area contributed by atoms with Crippen molar-refractivity contribution < 1.29 is 5.11 Å². The minimum atomic E-state index is -0.126. The first-order valence-corrected chi connectivity index (χ1v) is 5.69. The van der Waals surface area contributed by atoms with Crippen molar-refractivity contribution in [3.63, 3.8) is 0 Å². The summed E-state index contributed by atoms with van der Waals surface area (Å²) < 4.78 is 0. The highest BCUT2D eigenvalue weighted by Gasteiger charge is 2.41. The van der Waals surface area contributed by atoms with Crippen LogP contribution in [0.25, 0.3) is 0 Å². The van der Waals surface area contributed by atoms with E-state index in [1.54, 1.807) is 6.07 Å². The summed E-state index contributed by atoms with van der Waals surface area (Å²) in [4.78, 5) is 2.06. The lowest BCUT2D eigenvalue weighted by Gasteiger charge is -2.19. The average molecular weight is 220 g/mol. The van der Waals surface area contributed by atoms with Gasteiger partial charge in [-0.3, -0.25) is 0 Å². The van der Waals surface area contributed by atoms with Crippen molar-refractivity contribution in [1.82, 2.24) is 4.90 Å². The third-order valence-electron chi connectivity index (χ3n) is 3.37. The molecule has 1 aliphatic carbocycles. The van der Waals surface area contributed by atoms with Gasteiger partial charge in [0.2, 0.25) is 0 Å². The lowest BCUT2D eigenvalue weighted by Crippen LogP contribution is -2.21. The van der Waals surface area contributed by atoms with Gasteiger partial charge >= 0.3 is 0 Å². The Morgan fingerprint density at radius 1 is 1.38 bits per heavy atom. The van der Waals surface area contributed by atoms with Crippen LogP contribution in [-0.2, 0) is 12.1 Å². The van der Waals surface area contributed by atoms with Crippen molar-refractivity contribution in [2.45, 2.75) is 31.8 Å². The maximum atomic E-state index is 9.88. The number of nitrogens with two attached hydrogens (primary N) is 1. The molecule has 16 heavy (non-hydrogen) atoms. The molecule has 3 N–H and O–H groups in total. The molecule has 0 spiro atoms. The topological polar surface area (TPSA) is 49.5 Å². The molecular formula is C13H20N2O. The highest BCUT2D eigenvalue weighted by atomic mass is 16.3. The van der Waals surface area contributed by atoms with Gasteiger partial charge in [-0.05, 0) is 51.1 Å². The van der Waals surface area contributed by atoms with Crippen molar-refractivity contribution in [3.05, 3.63) is 28.8 Å². The molecule has 1 aromatic carbocycles. The maximum Gasteiger partial charge on any atom is 0.120 e. The van der Waals surface area contributed by atoms with Crippen LogP contribution in [0.4, 0.5) is 0 Å². The SMILES string of the molecule is Cc1c(C2(N)CC2)ccc(O)c1CN(C)C. The largest absolute Gasteiger partial charge is 0.508 e. The molecule has 1 fully saturated rings. The minimum Gasteiger partial charge on any atom is -0.508 e. The van der Waals surface area contributed by atoms with Crippen molar-refractivity contribution in [1.29, 1.82) is 0 Å². The van der Waals surface area contributed by atoms with Crippen molar-refractivity contribution in [2.75, 3.05) is 14.1 Å². The zero-order chi connectivity index (χ0) is 11.9. The molecule has 0 bridgehead atoms. The van der Waals surface area contributed by atoms with Crippen LogP contribution in [0.3, 0.4) is 0 Å². The van der Waals surface area contributed by atoms with E-state index in [1.165, 1.54) is 5.56 Å². The molecule has 1 aromatic rings. The van der Waals surface area contributed by atoms with E-state index in [0.29, 0.717) is 5.75 Å². The molecule has 0 heterocycles. The van der Waals surface area contributed by atoms with Crippen molar-refractivity contribution in [2.24, 2.45) is 5.73 Å². The Morgan fingerprint density at radius 2 is 2.00 bits per heavy atom. The van der Waals surface area contributed by atoms with E-state index in [1.807, 2.05) is 20.2 Å². The zero-order valence-electron chi connectivity index (χ0n) is 10.2. The third-order valence-corrected chi connectivity index (χ3v) is 3.37. The van der Waals surface area contributed by atoms with Gasteiger partial charge in [0.1, 0.15) is 5.75 Å². The van der Waals surface area contributed by atoms with E-state index in [9.17, 15) is 5.11 Å². The maximum absolute atomic E-state index is 9.88. The van der Waals surface area contributed by atoms with Crippen LogP contribution in [-0.4, -0.2) is 24.1 Å². The number of benzene rings is 1. The van der Waals surface area contributed by atoms with E-state index in [2.05, 4.69) is 11.8 Å². The number of phenolic OH excluding ortho intramolecular Hbond substituents is 1. The minimum absolute atomic E-state index is 0.126. The summed E-state index contributed by atoms with van der Waals surface area (Å²) >= 11 is 0. The standard InChI is InChI=1S/C13H20N2O/c1-9-10(8-15(2)3)12(16)5-4-11(9)13(14)6-7-13/h4-5,16H,6-8,14H2,1-3H3. The molecule has 0 amide bonds. The van der Waals surface area contributed by atoms with Crippen LogP contribution in [0.5, 0.6) is 5.75 Å². The van der Waals surface area contributed by atoms with E-state index in [0.717, 1.165) is 30.5 Å². The van der Waals surface area contributed by atoms with Crippen LogP contribution in [0.1, 0.15) is 29.5 Å². The first kappa shape index (κ1) is 11.4. The summed E-state index contributed by atoms with van der Waals surface area (Å²) in [5.74, 6) is 0.374. The Bertz CT molecular complexity index is 409. The molecule has 88 valence electrons. The van der Waals surface area contributed by atoms with E-state index >= 15 is 0 Å². The highest BCUT2D eigenvalue weighted by molar-refractivity contribution is 5.48. The predicted molar refractivity (Wildman–Crippen MR) is 65.3 cm³/mol. The Hall–Kier alpha value is -1.06. The van der Waals surface area contributed by atoms with Crippen LogP contribution in [0.15, 0.2) is 12.1 Å². The fourth-order valence-corrected chi connectivity index (χ4v) is 2.20. The summed E-state index contributed by atoms with van der Waals surface area (Å²) in [6, 6.07) is 3.74. The van der Waals surface area contributed by atoms with E-state index in [-0.39, 0.29) is 5.54 Å². The Kier molecular flexibility index (Phi) is 2.68. The summed E-state index contributed by atoms with van der Waals surface area (Å²) in [5, 5.41) is 9.88. The highest BCUT2D eigenvalue weighted by Crippen LogP contribution is 2.45. The molecule has 3 heteroatoms. The van der Waals surface area contributed by atoms with Gasteiger partial charge in [0.05, 0.1) is 0 Å². The van der Waals surface area contributed by atoms with Gasteiger partial charge in [-0.15, -0.1) is 0 Å². The summed E-state index contributed by atoms with van der Waals surface area (Å²) in [6.45, 7) is 2.81. The second kappa shape index (κ2) is 3.75. The predicted octanol–water partition coefficient (Wildman–Crippen LogP) is 1.71. The Morgan fingerprint density at radius 3 is 2.50 bits per heavy atom. The fraction of sp³-hybridized carbons (Fsp3) is 0.538. The second-order valence-corrected chi connectivity index (χ2v) is 5.13. The Labute approximate surface area is 96.9 Å². The number of hydrogen-bond acceptors (Lipinski definition) is 3. The molecule has 0 saturated heterocycles. The normalized spacial score (nSPS) is 17.8. The van der Waals surface area contributed by atoms with Gasteiger partial charge in [-0.25, -0.2) is 0 Å². The van der Waals surface area contributed by atoms with Crippen molar-refractivity contribution >= 4 is 0 Å². The number of aromatic hydroxyl groups is 1. The second-order valence-electron chi connectivity index (χ2n) is 5.13. The number of nitrogens with zero attached hydrogens (tertiary/aromatic N) is 1. The first-order chi connectivity index (χ1) is 7.44. The van der Waals surface area contributed by atoms with Crippen LogP contribution >= 0.6 is 0 Å². The fourth-order valence-electron chi connectivity index (χ4n) is 2.20. The van der Waals surface area contributed by atoms with Gasteiger partial charge in [0.25, 0.3) is 0 Å². The molecular weight excluding hydrogens is 200 g/mol. The van der Waals surface area contributed by atoms with Crippen molar-refractivity contribution in [3.8, 4) is 5.75 Å². The number of hydrogen-bond donors (Lipinski definition) is 2. The monoisotopic (exact) mass is 220 g/mol. The molecule has 1 saturated carbocycles. The molecule has 1 aliphatic rings. The lowest BCUT2D eigenvalue weighted by atomic mass is 9.94. The van der Waals surface area contributed by atoms with E-state index in [4.69, 9.17) is 5.73 Å². The lowest BCUT2D eigenvalue weighted by molar-refractivity contribution is 0.384. The third kappa shape index (κ3) is 1.93. The smallest absolute Gasteiger partial charge is 0.120 e. The molecule has 0 radical (unpaired) electrons. The molecule has 0 aromatic heterocycles. The Balaban J connectivity index is 2.43. The quantitative estimate of drug-likeness (QED) is 0.815. The molecule has 3 nitrogen and oxygen atoms in total. The zero-order valence-corrected chi connectivity index (χ0v) is 10.2. The molecule has 0 unspecified atom stereocenters. The molecule has 2 rings (SSSR count). The van der Waals surface area contributed by atoms with Gasteiger partial charge < -0.3 is 15.7 Å².